The monoisotopic (exact) mass is 335 g/mol. The zero-order valence-corrected chi connectivity index (χ0v) is 13.5. The van der Waals surface area contributed by atoms with Crippen LogP contribution in [0.2, 0.25) is 0 Å². The molecule has 1 aromatic carbocycles. The summed E-state index contributed by atoms with van der Waals surface area (Å²) in [7, 11) is 1.55. The number of halogens is 2. The molecule has 0 bridgehead atoms. The van der Waals surface area contributed by atoms with E-state index in [1.165, 1.54) is 16.3 Å². The van der Waals surface area contributed by atoms with Gasteiger partial charge in [0.05, 0.1) is 6.33 Å². The molecule has 0 aliphatic carbocycles. The smallest absolute Gasteiger partial charge is 0.297 e. The molecule has 23 heavy (non-hydrogen) atoms. The Morgan fingerprint density at radius 2 is 2.09 bits per heavy atom. The van der Waals surface area contributed by atoms with Crippen LogP contribution in [0.5, 0.6) is 0 Å². The summed E-state index contributed by atoms with van der Waals surface area (Å²) in [6.07, 6.45) is 2.75. The van der Waals surface area contributed by atoms with E-state index in [9.17, 15) is 8.78 Å². The maximum absolute atomic E-state index is 12.7. The van der Waals surface area contributed by atoms with E-state index in [1.54, 1.807) is 19.6 Å². The molecule has 0 amide bonds. The van der Waals surface area contributed by atoms with Crippen LogP contribution in [0, 0.1) is 6.92 Å². The largest absolute Gasteiger partial charge is 0.306 e. The van der Waals surface area contributed by atoms with Crippen molar-refractivity contribution in [3.05, 3.63) is 53.9 Å². The van der Waals surface area contributed by atoms with Crippen molar-refractivity contribution in [2.45, 2.75) is 24.3 Å². The summed E-state index contributed by atoms with van der Waals surface area (Å²) in [5, 5.41) is 7.84. The van der Waals surface area contributed by atoms with E-state index in [-0.39, 0.29) is 5.82 Å². The number of alkyl halides is 2. The van der Waals surface area contributed by atoms with E-state index in [2.05, 4.69) is 21.2 Å². The second-order valence-electron chi connectivity index (χ2n) is 5.07. The van der Waals surface area contributed by atoms with Gasteiger partial charge in [0.1, 0.15) is 0 Å². The van der Waals surface area contributed by atoms with Gasteiger partial charge >= 0.3 is 0 Å². The van der Waals surface area contributed by atoms with Crippen LogP contribution in [0.3, 0.4) is 0 Å². The molecule has 0 N–H and O–H groups in total. The third-order valence-corrected chi connectivity index (χ3v) is 4.62. The average molecular weight is 335 g/mol. The van der Waals surface area contributed by atoms with Gasteiger partial charge in [0.15, 0.2) is 5.16 Å². The molecule has 8 heteroatoms. The molecule has 0 spiro atoms. The van der Waals surface area contributed by atoms with E-state index >= 15 is 0 Å². The highest BCUT2D eigenvalue weighted by Gasteiger charge is 2.17. The molecule has 0 atom stereocenters. The van der Waals surface area contributed by atoms with E-state index < -0.39 is 6.43 Å². The van der Waals surface area contributed by atoms with E-state index in [1.807, 2.05) is 29.8 Å². The van der Waals surface area contributed by atoms with Crippen LogP contribution in [0.4, 0.5) is 8.78 Å². The van der Waals surface area contributed by atoms with Crippen LogP contribution in [0.25, 0.3) is 5.69 Å². The predicted octanol–water partition coefficient (Wildman–Crippen LogP) is 3.54. The summed E-state index contributed by atoms with van der Waals surface area (Å²) in [6, 6.07) is 6.10. The number of nitrogens with zero attached hydrogens (tertiary/aromatic N) is 5. The SMILES string of the molecule is Cc1cc(-n2ccnc2)ccc1CSc1nnc(C(F)F)n1C. The normalized spacial score (nSPS) is 11.3. The first kappa shape index (κ1) is 15.7. The summed E-state index contributed by atoms with van der Waals surface area (Å²) < 4.78 is 28.7. The molecule has 3 rings (SSSR count). The first-order valence-electron chi connectivity index (χ1n) is 6.94. The van der Waals surface area contributed by atoms with Gasteiger partial charge in [0, 0.05) is 30.9 Å². The minimum absolute atomic E-state index is 0.306. The first-order valence-corrected chi connectivity index (χ1v) is 7.93. The van der Waals surface area contributed by atoms with Crippen LogP contribution in [-0.2, 0) is 12.8 Å². The van der Waals surface area contributed by atoms with Crippen molar-refractivity contribution in [3.63, 3.8) is 0 Å². The lowest BCUT2D eigenvalue weighted by Crippen LogP contribution is -1.99. The number of hydrogen-bond acceptors (Lipinski definition) is 4. The molecule has 0 aliphatic rings. The lowest BCUT2D eigenvalue weighted by Gasteiger charge is -2.09. The third-order valence-electron chi connectivity index (χ3n) is 3.55. The lowest BCUT2D eigenvalue weighted by molar-refractivity contribution is 0.135. The van der Waals surface area contributed by atoms with E-state index in [0.717, 1.165) is 16.8 Å². The van der Waals surface area contributed by atoms with Crippen molar-refractivity contribution >= 4 is 11.8 Å². The fraction of sp³-hybridized carbons (Fsp3) is 0.267. The van der Waals surface area contributed by atoms with Gasteiger partial charge in [-0.3, -0.25) is 0 Å². The molecule has 0 saturated carbocycles. The minimum Gasteiger partial charge on any atom is -0.306 e. The maximum atomic E-state index is 12.7. The minimum atomic E-state index is -2.61. The lowest BCUT2D eigenvalue weighted by atomic mass is 10.1. The van der Waals surface area contributed by atoms with Gasteiger partial charge in [0.25, 0.3) is 6.43 Å². The highest BCUT2D eigenvalue weighted by atomic mass is 32.2. The summed E-state index contributed by atoms with van der Waals surface area (Å²) in [6.45, 7) is 2.03. The van der Waals surface area contributed by atoms with Crippen molar-refractivity contribution in [1.82, 2.24) is 24.3 Å². The van der Waals surface area contributed by atoms with Crippen LogP contribution in [0.1, 0.15) is 23.4 Å². The number of imidazole rings is 1. The zero-order chi connectivity index (χ0) is 16.4. The molecule has 0 radical (unpaired) electrons. The van der Waals surface area contributed by atoms with Crippen LogP contribution < -0.4 is 0 Å². The van der Waals surface area contributed by atoms with Gasteiger partial charge in [-0.05, 0) is 30.2 Å². The van der Waals surface area contributed by atoms with E-state index in [4.69, 9.17) is 0 Å². The number of rotatable bonds is 5. The quantitative estimate of drug-likeness (QED) is 0.669. The molecule has 0 aliphatic heterocycles. The number of benzene rings is 1. The van der Waals surface area contributed by atoms with Crippen molar-refractivity contribution in [2.75, 3.05) is 0 Å². The third kappa shape index (κ3) is 3.26. The van der Waals surface area contributed by atoms with E-state index in [0.29, 0.717) is 10.9 Å². The Balaban J connectivity index is 1.74. The Morgan fingerprint density at radius 1 is 1.26 bits per heavy atom. The molecule has 5 nitrogen and oxygen atoms in total. The second-order valence-corrected chi connectivity index (χ2v) is 6.01. The molecular weight excluding hydrogens is 320 g/mol. The topological polar surface area (TPSA) is 48.5 Å². The highest BCUT2D eigenvalue weighted by molar-refractivity contribution is 7.98. The van der Waals surface area contributed by atoms with Gasteiger partial charge in [-0.2, -0.15) is 0 Å². The molecule has 120 valence electrons. The van der Waals surface area contributed by atoms with Crippen LogP contribution in [0.15, 0.2) is 42.1 Å². The molecule has 0 saturated heterocycles. The van der Waals surface area contributed by atoms with Gasteiger partial charge in [0.2, 0.25) is 5.82 Å². The molecule has 0 unspecified atom stereocenters. The number of hydrogen-bond donors (Lipinski definition) is 0. The van der Waals surface area contributed by atoms with Crippen molar-refractivity contribution in [2.24, 2.45) is 7.05 Å². The zero-order valence-electron chi connectivity index (χ0n) is 12.6. The standard InChI is InChI=1S/C15H15F2N5S/c1-10-7-12(22-6-5-18-9-22)4-3-11(10)8-23-15-20-19-14(13(16)17)21(15)2/h3-7,9,13H,8H2,1-2H3. The van der Waals surface area contributed by atoms with Crippen molar-refractivity contribution in [1.29, 1.82) is 0 Å². The molecule has 3 aromatic rings. The predicted molar refractivity (Wildman–Crippen MR) is 83.8 cm³/mol. The van der Waals surface area contributed by atoms with Crippen LogP contribution in [-0.4, -0.2) is 24.3 Å². The number of thioether (sulfide) groups is 1. The number of aryl methyl sites for hydroxylation is 1. The Morgan fingerprint density at radius 3 is 2.70 bits per heavy atom. The maximum Gasteiger partial charge on any atom is 0.297 e. The van der Waals surface area contributed by atoms with Gasteiger partial charge in [-0.25, -0.2) is 13.8 Å². The molecular formula is C15H15F2N5S. The fourth-order valence-electron chi connectivity index (χ4n) is 2.20. The Bertz CT molecular complexity index is 798. The molecule has 0 fully saturated rings. The van der Waals surface area contributed by atoms with Crippen molar-refractivity contribution < 1.29 is 8.78 Å². The number of aromatic nitrogens is 5. The van der Waals surface area contributed by atoms with Crippen molar-refractivity contribution in [3.8, 4) is 5.69 Å². The highest BCUT2D eigenvalue weighted by Crippen LogP contribution is 2.26. The summed E-state index contributed by atoms with van der Waals surface area (Å²) >= 11 is 1.39. The second kappa shape index (κ2) is 6.49. The van der Waals surface area contributed by atoms with Gasteiger partial charge in [-0.15, -0.1) is 10.2 Å². The fourth-order valence-corrected chi connectivity index (χ4v) is 3.19. The van der Waals surface area contributed by atoms with Gasteiger partial charge in [-0.1, -0.05) is 17.8 Å². The average Bonchev–Trinajstić information content (AvgIpc) is 3.16. The summed E-state index contributed by atoms with van der Waals surface area (Å²) in [4.78, 5) is 4.03. The first-order chi connectivity index (χ1) is 11.1. The van der Waals surface area contributed by atoms with Gasteiger partial charge < -0.3 is 9.13 Å². The molecule has 2 heterocycles. The summed E-state index contributed by atoms with van der Waals surface area (Å²) in [5.41, 5.74) is 3.29. The Kier molecular flexibility index (Phi) is 4.42. The Hall–Kier alpha value is -2.22. The van der Waals surface area contributed by atoms with Crippen LogP contribution >= 0.6 is 11.8 Å². The molecule has 2 aromatic heterocycles. The summed E-state index contributed by atoms with van der Waals surface area (Å²) in [5.74, 6) is 0.338. The Labute approximate surface area is 136 Å².